The number of carbonyl (C=O) groups excluding carboxylic acids is 1. The van der Waals surface area contributed by atoms with E-state index in [1.807, 2.05) is 37.3 Å². The molecule has 2 aliphatic heterocycles. The zero-order chi connectivity index (χ0) is 19.5. The van der Waals surface area contributed by atoms with Crippen molar-refractivity contribution in [3.05, 3.63) is 35.9 Å². The van der Waals surface area contributed by atoms with Gasteiger partial charge in [0.25, 0.3) is 0 Å². The number of nitrogens with zero attached hydrogens (tertiary/aromatic N) is 1. The fourth-order valence-electron chi connectivity index (χ4n) is 4.08. The van der Waals surface area contributed by atoms with Gasteiger partial charge in [0.2, 0.25) is 5.91 Å². The minimum absolute atomic E-state index is 0. The van der Waals surface area contributed by atoms with E-state index in [0.29, 0.717) is 13.1 Å². The van der Waals surface area contributed by atoms with E-state index in [4.69, 9.17) is 0 Å². The predicted molar refractivity (Wildman–Crippen MR) is 105 cm³/mol. The first kappa shape index (κ1) is 23.0. The maximum Gasteiger partial charge on any atom is 0.404 e. The molecule has 1 amide bonds. The van der Waals surface area contributed by atoms with E-state index in [9.17, 15) is 18.0 Å². The van der Waals surface area contributed by atoms with Gasteiger partial charge in [0.05, 0.1) is 0 Å². The summed E-state index contributed by atoms with van der Waals surface area (Å²) >= 11 is 0. The fourth-order valence-corrected chi connectivity index (χ4v) is 4.08. The minimum atomic E-state index is -4.56. The van der Waals surface area contributed by atoms with Gasteiger partial charge in [-0.3, -0.25) is 9.69 Å². The molecule has 1 atom stereocenters. The molecule has 0 radical (unpaired) electrons. The van der Waals surface area contributed by atoms with Crippen LogP contribution in [0.15, 0.2) is 30.3 Å². The van der Waals surface area contributed by atoms with Crippen molar-refractivity contribution in [1.82, 2.24) is 15.5 Å². The maximum absolute atomic E-state index is 13.9. The third-order valence-electron chi connectivity index (χ3n) is 6.06. The Labute approximate surface area is 170 Å². The van der Waals surface area contributed by atoms with Crippen LogP contribution in [0.25, 0.3) is 0 Å². The second-order valence-corrected chi connectivity index (χ2v) is 8.27. The molecule has 2 aliphatic rings. The molecule has 2 fully saturated rings. The Balaban J connectivity index is 0.00000280. The molecular formula is C20H29ClF3N3O. The molecule has 0 bridgehead atoms. The smallest absolute Gasteiger partial charge is 0.355 e. The first-order valence-corrected chi connectivity index (χ1v) is 9.56. The van der Waals surface area contributed by atoms with Crippen LogP contribution in [0.4, 0.5) is 13.2 Å². The van der Waals surface area contributed by atoms with Gasteiger partial charge in [-0.15, -0.1) is 12.4 Å². The van der Waals surface area contributed by atoms with E-state index >= 15 is 0 Å². The molecule has 1 aromatic carbocycles. The van der Waals surface area contributed by atoms with Crippen molar-refractivity contribution in [2.24, 2.45) is 10.8 Å². The summed E-state index contributed by atoms with van der Waals surface area (Å²) in [5, 5.41) is 5.90. The molecule has 3 rings (SSSR count). The van der Waals surface area contributed by atoms with Crippen molar-refractivity contribution in [3.63, 3.8) is 0 Å². The number of alkyl halides is 3. The van der Waals surface area contributed by atoms with Crippen LogP contribution in [0, 0.1) is 10.8 Å². The van der Waals surface area contributed by atoms with Crippen LogP contribution in [0.1, 0.15) is 31.7 Å². The summed E-state index contributed by atoms with van der Waals surface area (Å²) in [5.74, 6) is -0.870. The highest BCUT2D eigenvalue weighted by molar-refractivity contribution is 5.85. The fraction of sp³-hybridized carbons (Fsp3) is 0.650. The molecule has 1 unspecified atom stereocenters. The molecule has 28 heavy (non-hydrogen) atoms. The summed E-state index contributed by atoms with van der Waals surface area (Å²) in [7, 11) is 0. The van der Waals surface area contributed by atoms with Crippen LogP contribution in [0.3, 0.4) is 0 Å². The number of hydrogen-bond donors (Lipinski definition) is 2. The van der Waals surface area contributed by atoms with E-state index in [1.54, 1.807) is 4.90 Å². The van der Waals surface area contributed by atoms with E-state index < -0.39 is 17.5 Å². The number of likely N-dealkylation sites (tertiary alicyclic amines) is 1. The normalized spacial score (nSPS) is 25.1. The zero-order valence-electron chi connectivity index (χ0n) is 16.1. The van der Waals surface area contributed by atoms with Crippen LogP contribution < -0.4 is 10.6 Å². The molecule has 2 saturated heterocycles. The molecule has 1 aromatic rings. The van der Waals surface area contributed by atoms with E-state index in [2.05, 4.69) is 10.6 Å². The van der Waals surface area contributed by atoms with Gasteiger partial charge in [0.15, 0.2) is 5.41 Å². The Morgan fingerprint density at radius 3 is 2.43 bits per heavy atom. The molecular weight excluding hydrogens is 391 g/mol. The van der Waals surface area contributed by atoms with Gasteiger partial charge in [-0.05, 0) is 49.9 Å². The predicted octanol–water partition coefficient (Wildman–Crippen LogP) is 3.37. The van der Waals surface area contributed by atoms with Crippen molar-refractivity contribution in [2.45, 2.75) is 38.9 Å². The zero-order valence-corrected chi connectivity index (χ0v) is 17.0. The molecule has 8 heteroatoms. The van der Waals surface area contributed by atoms with Crippen molar-refractivity contribution in [1.29, 1.82) is 0 Å². The molecule has 0 spiro atoms. The van der Waals surface area contributed by atoms with Crippen molar-refractivity contribution in [3.8, 4) is 0 Å². The largest absolute Gasteiger partial charge is 0.404 e. The maximum atomic E-state index is 13.9. The summed E-state index contributed by atoms with van der Waals surface area (Å²) in [6.07, 6.45) is -3.04. The van der Waals surface area contributed by atoms with Gasteiger partial charge in [-0.2, -0.15) is 13.2 Å². The second kappa shape index (κ2) is 9.01. The quantitative estimate of drug-likeness (QED) is 0.769. The van der Waals surface area contributed by atoms with Crippen LogP contribution in [0.2, 0.25) is 0 Å². The van der Waals surface area contributed by atoms with E-state index in [1.165, 1.54) is 0 Å². The number of piperidine rings is 1. The van der Waals surface area contributed by atoms with Crippen LogP contribution >= 0.6 is 12.4 Å². The first-order valence-electron chi connectivity index (χ1n) is 9.56. The lowest BCUT2D eigenvalue weighted by molar-refractivity contribution is -0.218. The summed E-state index contributed by atoms with van der Waals surface area (Å²) in [5.41, 5.74) is -1.50. The third-order valence-corrected chi connectivity index (χ3v) is 6.06. The van der Waals surface area contributed by atoms with Crippen molar-refractivity contribution >= 4 is 18.3 Å². The summed E-state index contributed by atoms with van der Waals surface area (Å²) in [6.45, 7) is 4.41. The number of halogens is 4. The van der Waals surface area contributed by atoms with Gasteiger partial charge in [-0.1, -0.05) is 37.3 Å². The SMILES string of the molecule is CC1(CNC(=O)C2(C(F)(F)F)CCN(Cc3ccccc3)C2)CCNCC1.Cl. The summed E-state index contributed by atoms with van der Waals surface area (Å²) < 4.78 is 41.8. The topological polar surface area (TPSA) is 44.4 Å². The number of rotatable bonds is 5. The van der Waals surface area contributed by atoms with Gasteiger partial charge in [-0.25, -0.2) is 0 Å². The van der Waals surface area contributed by atoms with Crippen LogP contribution in [-0.4, -0.2) is 49.7 Å². The lowest BCUT2D eigenvalue weighted by Crippen LogP contribution is -2.54. The number of nitrogens with one attached hydrogen (secondary N) is 2. The number of hydrogen-bond acceptors (Lipinski definition) is 3. The van der Waals surface area contributed by atoms with E-state index in [-0.39, 0.29) is 37.3 Å². The number of benzene rings is 1. The average Bonchev–Trinajstić information content (AvgIpc) is 3.06. The van der Waals surface area contributed by atoms with Gasteiger partial charge < -0.3 is 10.6 Å². The Morgan fingerprint density at radius 2 is 1.82 bits per heavy atom. The average molecular weight is 420 g/mol. The van der Waals surface area contributed by atoms with Gasteiger partial charge in [0.1, 0.15) is 0 Å². The van der Waals surface area contributed by atoms with Gasteiger partial charge >= 0.3 is 6.18 Å². The molecule has 4 nitrogen and oxygen atoms in total. The summed E-state index contributed by atoms with van der Waals surface area (Å²) in [6, 6.07) is 9.41. The molecule has 2 N–H and O–H groups in total. The second-order valence-electron chi connectivity index (χ2n) is 8.27. The molecule has 0 aromatic heterocycles. The molecule has 2 heterocycles. The van der Waals surface area contributed by atoms with Crippen LogP contribution in [-0.2, 0) is 11.3 Å². The van der Waals surface area contributed by atoms with Crippen LogP contribution in [0.5, 0.6) is 0 Å². The van der Waals surface area contributed by atoms with Crippen molar-refractivity contribution < 1.29 is 18.0 Å². The molecule has 158 valence electrons. The standard InChI is InChI=1S/C20H28F3N3O.ClH/c1-18(7-10-24-11-8-18)14-25-17(27)19(20(21,22)23)9-12-26(15-19)13-16-5-3-2-4-6-16;/h2-6,24H,7-15H2,1H3,(H,25,27);1H. The molecule has 0 saturated carbocycles. The lowest BCUT2D eigenvalue weighted by atomic mass is 9.80. The highest BCUT2D eigenvalue weighted by Gasteiger charge is 2.63. The summed E-state index contributed by atoms with van der Waals surface area (Å²) in [4.78, 5) is 14.5. The third kappa shape index (κ3) is 4.99. The molecule has 0 aliphatic carbocycles. The Hall–Kier alpha value is -1.31. The Morgan fingerprint density at radius 1 is 1.18 bits per heavy atom. The Bertz CT molecular complexity index is 650. The highest BCUT2D eigenvalue weighted by Crippen LogP contribution is 2.46. The Kier molecular flexibility index (Phi) is 7.39. The van der Waals surface area contributed by atoms with Crippen molar-refractivity contribution in [2.75, 3.05) is 32.7 Å². The number of amides is 1. The monoisotopic (exact) mass is 419 g/mol. The number of carbonyl (C=O) groups is 1. The minimum Gasteiger partial charge on any atom is -0.355 e. The lowest BCUT2D eigenvalue weighted by Gasteiger charge is -2.36. The highest BCUT2D eigenvalue weighted by atomic mass is 35.5. The first-order chi connectivity index (χ1) is 12.7. The van der Waals surface area contributed by atoms with E-state index in [0.717, 1.165) is 31.5 Å². The van der Waals surface area contributed by atoms with Gasteiger partial charge in [0, 0.05) is 19.6 Å².